The molecule has 2 unspecified atom stereocenters. The average Bonchev–Trinajstić information content (AvgIpc) is 3.44. The molecule has 1 aliphatic carbocycles. The van der Waals surface area contributed by atoms with E-state index in [4.69, 9.17) is 0 Å². The summed E-state index contributed by atoms with van der Waals surface area (Å²) in [7, 11) is 0. The molecular formula is C22H23NO2. The molecule has 128 valence electrons. The number of carbonyl (C=O) groups excluding carboxylic acids is 2. The summed E-state index contributed by atoms with van der Waals surface area (Å²) >= 11 is 0. The number of carbonyl (C=O) groups is 2. The fraction of sp³-hybridized carbons (Fsp3) is 0.364. The van der Waals surface area contributed by atoms with E-state index in [1.54, 1.807) is 0 Å². The molecule has 2 fully saturated rings. The van der Waals surface area contributed by atoms with Crippen LogP contribution in [0.1, 0.15) is 52.8 Å². The summed E-state index contributed by atoms with van der Waals surface area (Å²) in [6.07, 6.45) is 5.84. The Morgan fingerprint density at radius 3 is 1.56 bits per heavy atom. The summed E-state index contributed by atoms with van der Waals surface area (Å²) in [4.78, 5) is 28.2. The lowest BCUT2D eigenvalue weighted by Crippen LogP contribution is -2.27. The van der Waals surface area contributed by atoms with Gasteiger partial charge in [-0.1, -0.05) is 79.9 Å². The second kappa shape index (κ2) is 6.93. The molecule has 2 atom stereocenters. The number of Topliss-reactive ketones (excluding diaryl/α,β-unsaturated/α-hetero) is 2. The van der Waals surface area contributed by atoms with Crippen molar-refractivity contribution in [2.45, 2.75) is 50.2 Å². The second-order valence-electron chi connectivity index (χ2n) is 7.09. The Morgan fingerprint density at radius 1 is 0.680 bits per heavy atom. The number of hydrogen-bond acceptors (Lipinski definition) is 3. The zero-order valence-electron chi connectivity index (χ0n) is 14.3. The average molecular weight is 333 g/mol. The van der Waals surface area contributed by atoms with Crippen LogP contribution in [0.5, 0.6) is 0 Å². The van der Waals surface area contributed by atoms with E-state index in [-0.39, 0.29) is 23.7 Å². The third kappa shape index (κ3) is 3.16. The van der Waals surface area contributed by atoms with E-state index in [1.807, 2.05) is 60.7 Å². The minimum Gasteiger partial charge on any atom is -0.292 e. The Morgan fingerprint density at radius 2 is 1.12 bits per heavy atom. The van der Waals surface area contributed by atoms with Gasteiger partial charge in [-0.15, -0.1) is 0 Å². The van der Waals surface area contributed by atoms with Crippen molar-refractivity contribution in [2.24, 2.45) is 0 Å². The van der Waals surface area contributed by atoms with Gasteiger partial charge in [0.2, 0.25) is 0 Å². The molecule has 3 heteroatoms. The van der Waals surface area contributed by atoms with Gasteiger partial charge in [-0.05, 0) is 12.8 Å². The molecule has 0 aromatic heterocycles. The van der Waals surface area contributed by atoms with E-state index in [0.717, 1.165) is 12.8 Å². The first kappa shape index (κ1) is 16.2. The molecule has 2 aliphatic rings. The van der Waals surface area contributed by atoms with Gasteiger partial charge in [0.15, 0.2) is 11.6 Å². The molecule has 0 N–H and O–H groups in total. The van der Waals surface area contributed by atoms with Crippen molar-refractivity contribution >= 4 is 11.6 Å². The molecule has 2 aromatic rings. The lowest BCUT2D eigenvalue weighted by Gasteiger charge is -2.23. The van der Waals surface area contributed by atoms with E-state index < -0.39 is 0 Å². The maximum Gasteiger partial charge on any atom is 0.182 e. The van der Waals surface area contributed by atoms with Gasteiger partial charge < -0.3 is 0 Å². The largest absolute Gasteiger partial charge is 0.292 e. The molecule has 0 bridgehead atoms. The van der Waals surface area contributed by atoms with Gasteiger partial charge in [0.25, 0.3) is 0 Å². The van der Waals surface area contributed by atoms with E-state index in [2.05, 4.69) is 4.90 Å². The van der Waals surface area contributed by atoms with Gasteiger partial charge in [0, 0.05) is 17.2 Å². The molecule has 3 nitrogen and oxygen atoms in total. The number of nitrogens with zero attached hydrogens (tertiary/aromatic N) is 1. The lowest BCUT2D eigenvalue weighted by molar-refractivity contribution is 0.0948. The number of benzene rings is 2. The zero-order valence-corrected chi connectivity index (χ0v) is 14.3. The third-order valence-electron chi connectivity index (χ3n) is 5.50. The summed E-state index contributed by atoms with van der Waals surface area (Å²) in [6.45, 7) is 0. The first-order valence-electron chi connectivity index (χ1n) is 9.23. The molecule has 0 amide bonds. The van der Waals surface area contributed by atoms with Gasteiger partial charge in [-0.25, -0.2) is 0 Å². The van der Waals surface area contributed by atoms with E-state index >= 15 is 0 Å². The Hall–Kier alpha value is -2.26. The molecule has 4 rings (SSSR count). The van der Waals surface area contributed by atoms with Crippen LogP contribution in [0.4, 0.5) is 0 Å². The molecule has 1 saturated heterocycles. The van der Waals surface area contributed by atoms with Crippen LogP contribution in [0.25, 0.3) is 0 Å². The fourth-order valence-corrected chi connectivity index (χ4v) is 4.19. The first-order valence-corrected chi connectivity index (χ1v) is 9.23. The first-order chi connectivity index (χ1) is 12.3. The Bertz CT molecular complexity index is 693. The van der Waals surface area contributed by atoms with Crippen LogP contribution in [-0.4, -0.2) is 34.6 Å². The topological polar surface area (TPSA) is 37.1 Å². The molecule has 0 radical (unpaired) electrons. The SMILES string of the molecule is O=C(c1ccccc1)C1C(C(=O)c2ccccc2)N1C1CCCCC1. The highest BCUT2D eigenvalue weighted by molar-refractivity contribution is 6.12. The molecule has 1 heterocycles. The highest BCUT2D eigenvalue weighted by atomic mass is 16.1. The standard InChI is InChI=1S/C22H23NO2/c24-21(16-10-4-1-5-11-16)19-20(22(25)17-12-6-2-7-13-17)23(19)18-14-8-3-9-15-18/h1-2,4-7,10-13,18-20H,3,8-9,14-15H2. The second-order valence-corrected chi connectivity index (χ2v) is 7.09. The molecule has 1 aliphatic heterocycles. The van der Waals surface area contributed by atoms with Gasteiger partial charge in [0.05, 0.1) is 12.1 Å². The lowest BCUT2D eigenvalue weighted by atomic mass is 9.95. The van der Waals surface area contributed by atoms with Crippen molar-refractivity contribution in [1.29, 1.82) is 0 Å². The Kier molecular flexibility index (Phi) is 4.50. The molecular weight excluding hydrogens is 310 g/mol. The summed E-state index contributed by atoms with van der Waals surface area (Å²) in [5.41, 5.74) is 1.41. The van der Waals surface area contributed by atoms with Crippen LogP contribution in [0.2, 0.25) is 0 Å². The summed E-state index contributed by atoms with van der Waals surface area (Å²) < 4.78 is 0. The van der Waals surface area contributed by atoms with Crippen molar-refractivity contribution < 1.29 is 9.59 Å². The van der Waals surface area contributed by atoms with Gasteiger partial charge >= 0.3 is 0 Å². The molecule has 0 spiro atoms. The van der Waals surface area contributed by atoms with Crippen LogP contribution in [0, 0.1) is 0 Å². The van der Waals surface area contributed by atoms with E-state index in [1.165, 1.54) is 19.3 Å². The van der Waals surface area contributed by atoms with Crippen LogP contribution in [0.15, 0.2) is 60.7 Å². The maximum absolute atomic E-state index is 13.0. The van der Waals surface area contributed by atoms with Gasteiger partial charge in [-0.2, -0.15) is 0 Å². The predicted molar refractivity (Wildman–Crippen MR) is 97.8 cm³/mol. The van der Waals surface area contributed by atoms with Crippen LogP contribution < -0.4 is 0 Å². The minimum atomic E-state index is -0.293. The van der Waals surface area contributed by atoms with Crippen LogP contribution >= 0.6 is 0 Å². The quantitative estimate of drug-likeness (QED) is 0.610. The van der Waals surface area contributed by atoms with Gasteiger partial charge in [-0.3, -0.25) is 14.5 Å². The molecule has 1 saturated carbocycles. The van der Waals surface area contributed by atoms with Crippen molar-refractivity contribution in [3.8, 4) is 0 Å². The predicted octanol–water partition coefficient (Wildman–Crippen LogP) is 4.14. The smallest absolute Gasteiger partial charge is 0.182 e. The van der Waals surface area contributed by atoms with Crippen molar-refractivity contribution in [3.63, 3.8) is 0 Å². The number of rotatable bonds is 5. The van der Waals surface area contributed by atoms with E-state index in [9.17, 15) is 9.59 Å². The highest BCUT2D eigenvalue weighted by Gasteiger charge is 2.59. The van der Waals surface area contributed by atoms with Crippen molar-refractivity contribution in [1.82, 2.24) is 4.90 Å². The summed E-state index contributed by atoms with van der Waals surface area (Å²) in [5, 5.41) is 0. The summed E-state index contributed by atoms with van der Waals surface area (Å²) in [6, 6.07) is 18.5. The number of ketones is 2. The summed E-state index contributed by atoms with van der Waals surface area (Å²) in [5.74, 6) is 0.168. The Balaban J connectivity index is 1.60. The zero-order chi connectivity index (χ0) is 17.2. The normalized spacial score (nSPS) is 26.2. The van der Waals surface area contributed by atoms with Gasteiger partial charge in [0.1, 0.15) is 0 Å². The fourth-order valence-electron chi connectivity index (χ4n) is 4.19. The van der Waals surface area contributed by atoms with Crippen molar-refractivity contribution in [3.05, 3.63) is 71.8 Å². The number of hydrogen-bond donors (Lipinski definition) is 0. The molecule has 2 aromatic carbocycles. The maximum atomic E-state index is 13.0. The third-order valence-corrected chi connectivity index (χ3v) is 5.50. The minimum absolute atomic E-state index is 0.0838. The monoisotopic (exact) mass is 333 g/mol. The van der Waals surface area contributed by atoms with Crippen molar-refractivity contribution in [2.75, 3.05) is 0 Å². The molecule has 25 heavy (non-hydrogen) atoms. The van der Waals surface area contributed by atoms with E-state index in [0.29, 0.717) is 17.2 Å². The van der Waals surface area contributed by atoms with Crippen LogP contribution in [-0.2, 0) is 0 Å². The Labute approximate surface area is 148 Å². The van der Waals surface area contributed by atoms with Crippen LogP contribution in [0.3, 0.4) is 0 Å². The highest BCUT2D eigenvalue weighted by Crippen LogP contribution is 2.40.